The lowest BCUT2D eigenvalue weighted by Gasteiger charge is -2.19. The molecule has 0 saturated carbocycles. The molecule has 1 saturated heterocycles. The van der Waals surface area contributed by atoms with Crippen molar-refractivity contribution < 1.29 is 33.6 Å². The van der Waals surface area contributed by atoms with Crippen LogP contribution in [0, 0.1) is 16.0 Å². The number of ketones is 1. The summed E-state index contributed by atoms with van der Waals surface area (Å²) in [5, 5.41) is 13.8. The number of rotatable bonds is 9. The molecular formula is C27H23N3O8. The zero-order valence-electron chi connectivity index (χ0n) is 20.3. The van der Waals surface area contributed by atoms with Gasteiger partial charge in [0.1, 0.15) is 5.75 Å². The standard InChI is InChI=1S/C27H23N3O8/c1-37-24-14-21(30(35)36)11-12-22(24)29-15-19(13-25(29)32)26(33)28-20-9-7-18(8-10-20)27(34)38-16-23(31)17-5-3-2-4-6-17/h2-12,14,19H,13,15-16H2,1H3,(H,28,33)/t19-/m1/s1. The number of carbonyl (C=O) groups excluding carboxylic acids is 4. The fourth-order valence-corrected chi connectivity index (χ4v) is 3.97. The molecule has 0 radical (unpaired) electrons. The molecule has 1 N–H and O–H groups in total. The van der Waals surface area contributed by atoms with Crippen molar-refractivity contribution in [1.29, 1.82) is 0 Å². The van der Waals surface area contributed by atoms with Crippen LogP contribution in [-0.4, -0.2) is 48.8 Å². The minimum absolute atomic E-state index is 0.0498. The highest BCUT2D eigenvalue weighted by Crippen LogP contribution is 2.36. The zero-order chi connectivity index (χ0) is 27.2. The minimum atomic E-state index is -0.679. The van der Waals surface area contributed by atoms with E-state index in [9.17, 15) is 29.3 Å². The fraction of sp³-hybridized carbons (Fsp3) is 0.185. The number of ether oxygens (including phenoxy) is 2. The van der Waals surface area contributed by atoms with Gasteiger partial charge in [-0.2, -0.15) is 0 Å². The van der Waals surface area contributed by atoms with Gasteiger partial charge in [-0.15, -0.1) is 0 Å². The van der Waals surface area contributed by atoms with Crippen molar-refractivity contribution >= 4 is 40.6 Å². The number of nitro groups is 1. The number of nitro benzene ring substituents is 1. The van der Waals surface area contributed by atoms with E-state index in [1.165, 1.54) is 54.5 Å². The maximum absolute atomic E-state index is 12.8. The van der Waals surface area contributed by atoms with Crippen molar-refractivity contribution in [2.24, 2.45) is 5.92 Å². The Bertz CT molecular complexity index is 1390. The Kier molecular flexibility index (Phi) is 7.76. The van der Waals surface area contributed by atoms with Crippen LogP contribution in [-0.2, 0) is 14.3 Å². The first-order valence-electron chi connectivity index (χ1n) is 11.6. The number of benzene rings is 3. The predicted octanol–water partition coefficient (Wildman–Crippen LogP) is 3.63. The number of methoxy groups -OCH3 is 1. The van der Waals surface area contributed by atoms with Gasteiger partial charge in [-0.3, -0.25) is 24.5 Å². The van der Waals surface area contributed by atoms with Gasteiger partial charge in [-0.25, -0.2) is 4.79 Å². The minimum Gasteiger partial charge on any atom is -0.494 e. The van der Waals surface area contributed by atoms with Gasteiger partial charge in [0, 0.05) is 30.3 Å². The Morgan fingerprint density at radius 1 is 1.03 bits per heavy atom. The molecule has 2 amide bonds. The summed E-state index contributed by atoms with van der Waals surface area (Å²) in [5.74, 6) is -2.24. The number of esters is 1. The van der Waals surface area contributed by atoms with Crippen molar-refractivity contribution in [1.82, 2.24) is 0 Å². The van der Waals surface area contributed by atoms with Crippen molar-refractivity contribution in [3.63, 3.8) is 0 Å². The number of nitrogens with one attached hydrogen (secondary N) is 1. The lowest BCUT2D eigenvalue weighted by Crippen LogP contribution is -2.28. The second-order valence-corrected chi connectivity index (χ2v) is 8.45. The topological polar surface area (TPSA) is 145 Å². The van der Waals surface area contributed by atoms with Crippen LogP contribution in [0.15, 0.2) is 72.8 Å². The molecule has 11 nitrogen and oxygen atoms in total. The summed E-state index contributed by atoms with van der Waals surface area (Å²) in [6, 6.07) is 18.3. The molecule has 0 spiro atoms. The Morgan fingerprint density at radius 3 is 2.39 bits per heavy atom. The van der Waals surface area contributed by atoms with Crippen LogP contribution in [0.3, 0.4) is 0 Å². The van der Waals surface area contributed by atoms with E-state index in [-0.39, 0.29) is 41.7 Å². The summed E-state index contributed by atoms with van der Waals surface area (Å²) >= 11 is 0. The lowest BCUT2D eigenvalue weighted by atomic mass is 10.1. The number of Topliss-reactive ketones (excluding diaryl/α,β-unsaturated/α-hetero) is 1. The lowest BCUT2D eigenvalue weighted by molar-refractivity contribution is -0.384. The Morgan fingerprint density at radius 2 is 1.74 bits per heavy atom. The molecule has 0 unspecified atom stereocenters. The Balaban J connectivity index is 1.34. The van der Waals surface area contributed by atoms with Gasteiger partial charge in [0.2, 0.25) is 11.8 Å². The van der Waals surface area contributed by atoms with Crippen molar-refractivity contribution in [3.8, 4) is 5.75 Å². The Labute approximate surface area is 217 Å². The monoisotopic (exact) mass is 517 g/mol. The molecule has 0 bridgehead atoms. The van der Waals surface area contributed by atoms with Gasteiger partial charge in [-0.05, 0) is 30.3 Å². The Hall–Kier alpha value is -5.06. The van der Waals surface area contributed by atoms with Crippen molar-refractivity contribution in [2.75, 3.05) is 30.5 Å². The summed E-state index contributed by atoms with van der Waals surface area (Å²) < 4.78 is 10.3. The molecule has 1 fully saturated rings. The van der Waals surface area contributed by atoms with Crippen LogP contribution in [0.4, 0.5) is 17.1 Å². The molecule has 3 aromatic carbocycles. The fourth-order valence-electron chi connectivity index (χ4n) is 3.97. The van der Waals surface area contributed by atoms with E-state index in [0.29, 0.717) is 16.9 Å². The largest absolute Gasteiger partial charge is 0.494 e. The molecule has 1 aliphatic heterocycles. The van der Waals surface area contributed by atoms with Crippen LogP contribution >= 0.6 is 0 Å². The van der Waals surface area contributed by atoms with Crippen LogP contribution in [0.5, 0.6) is 5.75 Å². The van der Waals surface area contributed by atoms with Gasteiger partial charge in [-0.1, -0.05) is 30.3 Å². The highest BCUT2D eigenvalue weighted by Gasteiger charge is 2.36. The highest BCUT2D eigenvalue weighted by atomic mass is 16.6. The molecule has 4 rings (SSSR count). The first-order valence-corrected chi connectivity index (χ1v) is 11.6. The molecule has 1 aliphatic rings. The quantitative estimate of drug-likeness (QED) is 0.196. The second kappa shape index (κ2) is 11.3. The number of amides is 2. The first kappa shape index (κ1) is 26.0. The van der Waals surface area contributed by atoms with E-state index in [1.54, 1.807) is 30.3 Å². The summed E-state index contributed by atoms with van der Waals surface area (Å²) in [4.78, 5) is 61.7. The molecule has 11 heteroatoms. The van der Waals surface area contributed by atoms with Crippen LogP contribution in [0.25, 0.3) is 0 Å². The van der Waals surface area contributed by atoms with Gasteiger partial charge >= 0.3 is 5.97 Å². The van der Waals surface area contributed by atoms with Gasteiger partial charge < -0.3 is 19.7 Å². The second-order valence-electron chi connectivity index (χ2n) is 8.45. The van der Waals surface area contributed by atoms with E-state index < -0.39 is 29.3 Å². The summed E-state index contributed by atoms with van der Waals surface area (Å²) in [5.41, 5.74) is 1.21. The molecule has 3 aromatic rings. The average molecular weight is 517 g/mol. The highest BCUT2D eigenvalue weighted by molar-refractivity contribution is 6.04. The van der Waals surface area contributed by atoms with Crippen LogP contribution in [0.2, 0.25) is 0 Å². The normalized spacial score (nSPS) is 14.6. The summed E-state index contributed by atoms with van der Waals surface area (Å²) in [6.45, 7) is -0.328. The summed E-state index contributed by atoms with van der Waals surface area (Å²) in [6.07, 6.45) is -0.0498. The molecule has 1 heterocycles. The van der Waals surface area contributed by atoms with Crippen LogP contribution in [0.1, 0.15) is 27.1 Å². The average Bonchev–Trinajstić information content (AvgIpc) is 3.33. The van der Waals surface area contributed by atoms with E-state index in [4.69, 9.17) is 9.47 Å². The smallest absolute Gasteiger partial charge is 0.338 e. The summed E-state index contributed by atoms with van der Waals surface area (Å²) in [7, 11) is 1.34. The van der Waals surface area contributed by atoms with Gasteiger partial charge in [0.05, 0.1) is 35.3 Å². The number of carbonyl (C=O) groups is 4. The molecule has 1 atom stereocenters. The van der Waals surface area contributed by atoms with Crippen molar-refractivity contribution in [2.45, 2.75) is 6.42 Å². The number of hydrogen-bond acceptors (Lipinski definition) is 8. The third kappa shape index (κ3) is 5.84. The SMILES string of the molecule is COc1cc([N+](=O)[O-])ccc1N1C[C@H](C(=O)Nc2ccc(C(=O)OCC(=O)c3ccccc3)cc2)CC1=O. The van der Waals surface area contributed by atoms with Crippen molar-refractivity contribution in [3.05, 3.63) is 94.0 Å². The molecular weight excluding hydrogens is 494 g/mol. The maximum atomic E-state index is 12.8. The number of anilines is 2. The molecule has 0 aromatic heterocycles. The molecule has 194 valence electrons. The number of non-ortho nitro benzene ring substituents is 1. The van der Waals surface area contributed by atoms with E-state index in [0.717, 1.165) is 0 Å². The molecule has 0 aliphatic carbocycles. The molecule has 38 heavy (non-hydrogen) atoms. The van der Waals surface area contributed by atoms with E-state index >= 15 is 0 Å². The maximum Gasteiger partial charge on any atom is 0.338 e. The van der Waals surface area contributed by atoms with Gasteiger partial charge in [0.15, 0.2) is 12.4 Å². The third-order valence-corrected chi connectivity index (χ3v) is 5.98. The van der Waals surface area contributed by atoms with E-state index in [1.807, 2.05) is 0 Å². The van der Waals surface area contributed by atoms with Gasteiger partial charge in [0.25, 0.3) is 5.69 Å². The predicted molar refractivity (Wildman–Crippen MR) is 136 cm³/mol. The number of hydrogen-bond donors (Lipinski definition) is 1. The number of nitrogens with zero attached hydrogens (tertiary/aromatic N) is 2. The van der Waals surface area contributed by atoms with Crippen LogP contribution < -0.4 is 15.0 Å². The van der Waals surface area contributed by atoms with E-state index in [2.05, 4.69) is 5.32 Å². The first-order chi connectivity index (χ1) is 18.3. The third-order valence-electron chi connectivity index (χ3n) is 5.98. The zero-order valence-corrected chi connectivity index (χ0v) is 20.3.